The molecule has 0 saturated carbocycles. The topological polar surface area (TPSA) is 20.2 Å². The zero-order valence-corrected chi connectivity index (χ0v) is 11.3. The van der Waals surface area contributed by atoms with E-state index in [9.17, 15) is 5.11 Å². The van der Waals surface area contributed by atoms with Crippen molar-refractivity contribution in [1.82, 2.24) is 0 Å². The predicted octanol–water partition coefficient (Wildman–Crippen LogP) is 4.31. The number of benzene rings is 2. The summed E-state index contributed by atoms with van der Waals surface area (Å²) >= 11 is 12.1. The maximum absolute atomic E-state index is 9.54. The highest BCUT2D eigenvalue weighted by Gasteiger charge is 2.14. The summed E-state index contributed by atoms with van der Waals surface area (Å²) < 4.78 is 0. The Balaban J connectivity index is 2.23. The summed E-state index contributed by atoms with van der Waals surface area (Å²) in [4.78, 5) is 0. The third-order valence-electron chi connectivity index (χ3n) is 2.95. The monoisotopic (exact) mass is 280 g/mol. The molecule has 94 valence electrons. The molecule has 0 aliphatic heterocycles. The molecule has 0 aromatic heterocycles. The van der Waals surface area contributed by atoms with E-state index in [4.69, 9.17) is 23.2 Å². The summed E-state index contributed by atoms with van der Waals surface area (Å²) in [5.41, 5.74) is 2.12. The number of aliphatic hydroxyl groups excluding tert-OH is 1. The van der Waals surface area contributed by atoms with Crippen molar-refractivity contribution in [3.8, 4) is 0 Å². The van der Waals surface area contributed by atoms with Crippen LogP contribution in [0.4, 0.5) is 0 Å². The van der Waals surface area contributed by atoms with Crippen LogP contribution in [0.1, 0.15) is 17.0 Å². The number of rotatable bonds is 4. The van der Waals surface area contributed by atoms with Gasteiger partial charge in [0.25, 0.3) is 0 Å². The Morgan fingerprint density at radius 2 is 1.72 bits per heavy atom. The first-order valence-electron chi connectivity index (χ1n) is 5.80. The fraction of sp³-hybridized carbons (Fsp3) is 0.200. The van der Waals surface area contributed by atoms with Gasteiger partial charge in [-0.05, 0) is 29.7 Å². The van der Waals surface area contributed by atoms with Gasteiger partial charge in [-0.25, -0.2) is 0 Å². The van der Waals surface area contributed by atoms with Crippen LogP contribution in [0.25, 0.3) is 0 Å². The van der Waals surface area contributed by atoms with Gasteiger partial charge in [-0.15, -0.1) is 0 Å². The predicted molar refractivity (Wildman–Crippen MR) is 76.4 cm³/mol. The maximum Gasteiger partial charge on any atom is 0.0503 e. The van der Waals surface area contributed by atoms with E-state index in [-0.39, 0.29) is 12.5 Å². The summed E-state index contributed by atoms with van der Waals surface area (Å²) in [6.07, 6.45) is 0.763. The highest BCUT2D eigenvalue weighted by atomic mass is 35.5. The summed E-state index contributed by atoms with van der Waals surface area (Å²) in [6.45, 7) is 0.0657. The first kappa shape index (κ1) is 13.4. The number of hydrogen-bond acceptors (Lipinski definition) is 1. The van der Waals surface area contributed by atoms with Gasteiger partial charge in [0.15, 0.2) is 0 Å². The van der Waals surface area contributed by atoms with E-state index in [1.54, 1.807) is 12.1 Å². The van der Waals surface area contributed by atoms with Crippen LogP contribution in [0.2, 0.25) is 10.0 Å². The molecule has 0 spiro atoms. The molecule has 3 heteroatoms. The first-order chi connectivity index (χ1) is 8.70. The van der Waals surface area contributed by atoms with Crippen molar-refractivity contribution in [3.63, 3.8) is 0 Å². The lowest BCUT2D eigenvalue weighted by atomic mass is 9.93. The summed E-state index contributed by atoms with van der Waals surface area (Å²) in [5.74, 6) is -0.00262. The molecule has 1 nitrogen and oxygen atoms in total. The van der Waals surface area contributed by atoms with Gasteiger partial charge < -0.3 is 5.11 Å². The van der Waals surface area contributed by atoms with Crippen LogP contribution >= 0.6 is 23.2 Å². The summed E-state index contributed by atoms with van der Waals surface area (Å²) in [6, 6.07) is 15.5. The van der Waals surface area contributed by atoms with Crippen LogP contribution in [-0.4, -0.2) is 11.7 Å². The molecule has 0 saturated heterocycles. The molecule has 2 aromatic rings. The molecule has 0 heterocycles. The minimum Gasteiger partial charge on any atom is -0.396 e. The van der Waals surface area contributed by atoms with Gasteiger partial charge >= 0.3 is 0 Å². The molecule has 0 radical (unpaired) electrons. The van der Waals surface area contributed by atoms with E-state index in [0.29, 0.717) is 10.0 Å². The van der Waals surface area contributed by atoms with Gasteiger partial charge in [-0.3, -0.25) is 0 Å². The standard InChI is InChI=1S/C15H14Cl2O/c16-13-6-7-14(15(17)9-13)12(10-18)8-11-4-2-1-3-5-11/h1-7,9,12,18H,8,10H2/t12-/m1/s1. The molecule has 0 unspecified atom stereocenters. The van der Waals surface area contributed by atoms with Gasteiger partial charge in [0.05, 0.1) is 6.61 Å². The van der Waals surface area contributed by atoms with Gasteiger partial charge in [0.1, 0.15) is 0 Å². The molecular formula is C15H14Cl2O. The molecule has 2 rings (SSSR count). The quantitative estimate of drug-likeness (QED) is 0.885. The summed E-state index contributed by atoms with van der Waals surface area (Å²) in [7, 11) is 0. The fourth-order valence-electron chi connectivity index (χ4n) is 2.00. The molecular weight excluding hydrogens is 267 g/mol. The van der Waals surface area contributed by atoms with Gasteiger partial charge in [0.2, 0.25) is 0 Å². The van der Waals surface area contributed by atoms with E-state index in [2.05, 4.69) is 0 Å². The van der Waals surface area contributed by atoms with E-state index in [1.165, 1.54) is 5.56 Å². The Kier molecular flexibility index (Phi) is 4.65. The Morgan fingerprint density at radius 3 is 2.33 bits per heavy atom. The first-order valence-corrected chi connectivity index (χ1v) is 6.56. The minimum atomic E-state index is -0.00262. The lowest BCUT2D eigenvalue weighted by molar-refractivity contribution is 0.264. The van der Waals surface area contributed by atoms with Crippen molar-refractivity contribution in [1.29, 1.82) is 0 Å². The van der Waals surface area contributed by atoms with Gasteiger partial charge in [0, 0.05) is 16.0 Å². The Labute approximate surface area is 117 Å². The normalized spacial score (nSPS) is 12.4. The van der Waals surface area contributed by atoms with Crippen molar-refractivity contribution in [2.45, 2.75) is 12.3 Å². The molecule has 2 aromatic carbocycles. The van der Waals surface area contributed by atoms with E-state index in [0.717, 1.165) is 12.0 Å². The van der Waals surface area contributed by atoms with Crippen LogP contribution in [0.3, 0.4) is 0 Å². The zero-order chi connectivity index (χ0) is 13.0. The number of aliphatic hydroxyl groups is 1. The average Bonchev–Trinajstić information content (AvgIpc) is 2.38. The second kappa shape index (κ2) is 6.24. The molecule has 1 atom stereocenters. The Hall–Kier alpha value is -1.02. The molecule has 18 heavy (non-hydrogen) atoms. The summed E-state index contributed by atoms with van der Waals surface area (Å²) in [5, 5.41) is 10.8. The highest BCUT2D eigenvalue weighted by molar-refractivity contribution is 6.35. The number of halogens is 2. The third kappa shape index (κ3) is 3.26. The van der Waals surface area contributed by atoms with Gasteiger partial charge in [-0.1, -0.05) is 59.6 Å². The van der Waals surface area contributed by atoms with Crippen molar-refractivity contribution >= 4 is 23.2 Å². The molecule has 0 bridgehead atoms. The Bertz CT molecular complexity index is 511. The fourth-order valence-corrected chi connectivity index (χ4v) is 2.57. The second-order valence-electron chi connectivity index (χ2n) is 4.24. The van der Waals surface area contributed by atoms with Crippen LogP contribution < -0.4 is 0 Å². The second-order valence-corrected chi connectivity index (χ2v) is 5.08. The van der Waals surface area contributed by atoms with E-state index >= 15 is 0 Å². The lowest BCUT2D eigenvalue weighted by Gasteiger charge is -2.16. The molecule has 0 fully saturated rings. The van der Waals surface area contributed by atoms with Crippen LogP contribution in [0, 0.1) is 0 Å². The van der Waals surface area contributed by atoms with Crippen molar-refractivity contribution in [2.24, 2.45) is 0 Å². The van der Waals surface area contributed by atoms with E-state index < -0.39 is 0 Å². The maximum atomic E-state index is 9.54. The van der Waals surface area contributed by atoms with Crippen LogP contribution in [0.15, 0.2) is 48.5 Å². The average molecular weight is 281 g/mol. The molecule has 0 amide bonds. The molecule has 1 N–H and O–H groups in total. The number of hydrogen-bond donors (Lipinski definition) is 1. The van der Waals surface area contributed by atoms with Crippen molar-refractivity contribution in [2.75, 3.05) is 6.61 Å². The molecule has 0 aliphatic rings. The Morgan fingerprint density at radius 1 is 1.00 bits per heavy atom. The van der Waals surface area contributed by atoms with Crippen molar-refractivity contribution in [3.05, 3.63) is 69.7 Å². The largest absolute Gasteiger partial charge is 0.396 e. The van der Waals surface area contributed by atoms with Crippen LogP contribution in [-0.2, 0) is 6.42 Å². The smallest absolute Gasteiger partial charge is 0.0503 e. The van der Waals surface area contributed by atoms with Crippen molar-refractivity contribution < 1.29 is 5.11 Å². The SMILES string of the molecule is OC[C@@H](Cc1ccccc1)c1ccc(Cl)cc1Cl. The zero-order valence-electron chi connectivity index (χ0n) is 9.81. The van der Waals surface area contributed by atoms with Crippen LogP contribution in [0.5, 0.6) is 0 Å². The lowest BCUT2D eigenvalue weighted by Crippen LogP contribution is -2.08. The highest BCUT2D eigenvalue weighted by Crippen LogP contribution is 2.29. The third-order valence-corrected chi connectivity index (χ3v) is 3.51. The molecule has 0 aliphatic carbocycles. The van der Waals surface area contributed by atoms with E-state index in [1.807, 2.05) is 36.4 Å². The van der Waals surface area contributed by atoms with Gasteiger partial charge in [-0.2, -0.15) is 0 Å². The minimum absolute atomic E-state index is 0.00262.